The van der Waals surface area contributed by atoms with Gasteiger partial charge in [-0.15, -0.1) is 0 Å². The molecule has 0 aromatic carbocycles. The second-order valence-electron chi connectivity index (χ2n) is 7.87. The minimum absolute atomic E-state index is 0.250. The predicted molar refractivity (Wildman–Crippen MR) is 117 cm³/mol. The van der Waals surface area contributed by atoms with Gasteiger partial charge in [0.2, 0.25) is 0 Å². The molecule has 1 atom stereocenters. The average Bonchev–Trinajstić information content (AvgIpc) is 2.63. The van der Waals surface area contributed by atoms with Crippen LogP contribution in [0.1, 0.15) is 71.6 Å². The molecule has 0 radical (unpaired) electrons. The highest BCUT2D eigenvalue weighted by atomic mass is 32.2. The molecule has 0 bridgehead atoms. The fourth-order valence-corrected chi connectivity index (χ4v) is 3.76. The van der Waals surface area contributed by atoms with Crippen molar-refractivity contribution >= 4 is 16.7 Å². The van der Waals surface area contributed by atoms with Gasteiger partial charge in [-0.25, -0.2) is 8.51 Å². The molecule has 0 fully saturated rings. The van der Waals surface area contributed by atoms with E-state index in [1.807, 2.05) is 20.0 Å². The van der Waals surface area contributed by atoms with Gasteiger partial charge in [-0.3, -0.25) is 4.98 Å². The Morgan fingerprint density at radius 3 is 2.56 bits per heavy atom. The highest BCUT2D eigenvalue weighted by Gasteiger charge is 2.20. The van der Waals surface area contributed by atoms with E-state index in [1.165, 1.54) is 0 Å². The second kappa shape index (κ2) is 12.2. The van der Waals surface area contributed by atoms with E-state index >= 15 is 0 Å². The number of hydrogen-bond donors (Lipinski definition) is 1. The predicted octanol–water partition coefficient (Wildman–Crippen LogP) is 4.16. The van der Waals surface area contributed by atoms with Gasteiger partial charge in [-0.2, -0.15) is 5.10 Å². The number of rotatable bonds is 13. The molecule has 0 saturated heterocycles. The van der Waals surface area contributed by atoms with Crippen LogP contribution in [0.3, 0.4) is 0 Å². The van der Waals surface area contributed by atoms with Crippen LogP contribution < -0.4 is 5.43 Å². The summed E-state index contributed by atoms with van der Waals surface area (Å²) in [5, 5.41) is 4.30. The Balaban J connectivity index is 2.45. The largest absolute Gasteiger partial charge is 0.310 e. The van der Waals surface area contributed by atoms with E-state index in [-0.39, 0.29) is 5.41 Å². The normalized spacial score (nSPS) is 13.8. The Bertz CT molecular complexity index is 599. The van der Waals surface area contributed by atoms with Crippen molar-refractivity contribution in [1.82, 2.24) is 14.7 Å². The van der Waals surface area contributed by atoms with E-state index in [2.05, 4.69) is 52.7 Å². The first kappa shape index (κ1) is 23.8. The zero-order chi connectivity index (χ0) is 20.3. The van der Waals surface area contributed by atoms with E-state index < -0.39 is 11.0 Å². The number of aromatic nitrogens is 1. The van der Waals surface area contributed by atoms with Gasteiger partial charge in [0.25, 0.3) is 0 Å². The minimum Gasteiger partial charge on any atom is -0.310 e. The maximum atomic E-state index is 11.8. The van der Waals surface area contributed by atoms with Crippen molar-refractivity contribution in [2.75, 3.05) is 25.9 Å². The number of nitrogens with zero attached hydrogens (tertiary/aromatic N) is 3. The number of nitrogens with one attached hydrogen (secondary N) is 1. The van der Waals surface area contributed by atoms with Crippen molar-refractivity contribution in [1.29, 1.82) is 0 Å². The van der Waals surface area contributed by atoms with Crippen LogP contribution in [0.25, 0.3) is 0 Å². The first-order valence-corrected chi connectivity index (χ1v) is 11.6. The molecule has 5 nitrogen and oxygen atoms in total. The molecular weight excluding hydrogens is 356 g/mol. The topological polar surface area (TPSA) is 57.6 Å². The van der Waals surface area contributed by atoms with Gasteiger partial charge in [0.1, 0.15) is 0 Å². The molecule has 0 aliphatic rings. The zero-order valence-electron chi connectivity index (χ0n) is 18.0. The van der Waals surface area contributed by atoms with Crippen molar-refractivity contribution in [2.24, 2.45) is 10.5 Å². The first-order valence-electron chi connectivity index (χ1n) is 10.1. The standard InChI is InChI=1S/C21H38N4OS/c1-7-15-25(27(6)26)16-14-21(4,5)13-9-10-20-12-11-19(17-22-20)18(3)24-23-8-2/h11-12,17,23H,7-10,13-16H2,1-6H3/b24-18+. The summed E-state index contributed by atoms with van der Waals surface area (Å²) in [5.41, 5.74) is 6.39. The second-order valence-corrected chi connectivity index (χ2v) is 9.23. The van der Waals surface area contributed by atoms with Gasteiger partial charge in [0.15, 0.2) is 0 Å². The summed E-state index contributed by atoms with van der Waals surface area (Å²) < 4.78 is 13.9. The van der Waals surface area contributed by atoms with Crippen LogP contribution >= 0.6 is 0 Å². The van der Waals surface area contributed by atoms with Crippen molar-refractivity contribution in [3.63, 3.8) is 0 Å². The average molecular weight is 395 g/mol. The maximum absolute atomic E-state index is 11.8. The molecule has 1 rings (SSSR count). The summed E-state index contributed by atoms with van der Waals surface area (Å²) in [5.74, 6) is 0. The zero-order valence-corrected chi connectivity index (χ0v) is 18.9. The van der Waals surface area contributed by atoms with E-state index in [9.17, 15) is 4.21 Å². The van der Waals surface area contributed by atoms with Gasteiger partial charge < -0.3 is 5.43 Å². The van der Waals surface area contributed by atoms with Gasteiger partial charge in [0.05, 0.1) is 16.7 Å². The van der Waals surface area contributed by atoms with Gasteiger partial charge in [-0.1, -0.05) is 20.8 Å². The number of pyridine rings is 1. The Kier molecular flexibility index (Phi) is 10.8. The maximum Gasteiger partial charge on any atom is 0.0910 e. The molecule has 0 aliphatic carbocycles. The molecule has 1 aromatic heterocycles. The third-order valence-electron chi connectivity index (χ3n) is 4.81. The van der Waals surface area contributed by atoms with Crippen molar-refractivity contribution in [3.8, 4) is 0 Å². The van der Waals surface area contributed by atoms with Crippen molar-refractivity contribution in [3.05, 3.63) is 29.6 Å². The molecule has 154 valence electrons. The van der Waals surface area contributed by atoms with Crippen LogP contribution in [0.15, 0.2) is 23.4 Å². The van der Waals surface area contributed by atoms with E-state index in [1.54, 1.807) is 6.26 Å². The Morgan fingerprint density at radius 1 is 1.26 bits per heavy atom. The van der Waals surface area contributed by atoms with E-state index in [0.29, 0.717) is 0 Å². The number of hydrazone groups is 1. The molecule has 1 unspecified atom stereocenters. The fraction of sp³-hybridized carbons (Fsp3) is 0.714. The van der Waals surface area contributed by atoms with Crippen LogP contribution in [-0.4, -0.2) is 45.1 Å². The molecule has 1 aromatic rings. The molecule has 1 N–H and O–H groups in total. The molecule has 0 saturated carbocycles. The minimum atomic E-state index is -0.873. The van der Waals surface area contributed by atoms with Crippen LogP contribution in [0, 0.1) is 5.41 Å². The van der Waals surface area contributed by atoms with Crippen molar-refractivity contribution < 1.29 is 4.21 Å². The monoisotopic (exact) mass is 394 g/mol. The van der Waals surface area contributed by atoms with Crippen LogP contribution in [0.2, 0.25) is 0 Å². The van der Waals surface area contributed by atoms with Gasteiger partial charge >= 0.3 is 0 Å². The van der Waals surface area contributed by atoms with Gasteiger partial charge in [0, 0.05) is 43.3 Å². The summed E-state index contributed by atoms with van der Waals surface area (Å²) >= 11 is 0. The summed E-state index contributed by atoms with van der Waals surface area (Å²) in [4.78, 5) is 4.59. The highest BCUT2D eigenvalue weighted by Crippen LogP contribution is 2.28. The van der Waals surface area contributed by atoms with Crippen molar-refractivity contribution in [2.45, 2.75) is 66.7 Å². The van der Waals surface area contributed by atoms with Crippen LogP contribution in [-0.2, 0) is 17.4 Å². The van der Waals surface area contributed by atoms with Crippen LogP contribution in [0.5, 0.6) is 0 Å². The lowest BCUT2D eigenvalue weighted by atomic mass is 9.83. The Morgan fingerprint density at radius 2 is 2.00 bits per heavy atom. The van der Waals surface area contributed by atoms with Gasteiger partial charge in [-0.05, 0) is 63.5 Å². The summed E-state index contributed by atoms with van der Waals surface area (Å²) in [6.45, 7) is 13.4. The third kappa shape index (κ3) is 9.47. The molecule has 0 spiro atoms. The Labute approximate surface area is 168 Å². The summed E-state index contributed by atoms with van der Waals surface area (Å²) in [6.07, 6.45) is 9.06. The lowest BCUT2D eigenvalue weighted by molar-refractivity contribution is 0.267. The third-order valence-corrected chi connectivity index (χ3v) is 5.90. The smallest absolute Gasteiger partial charge is 0.0910 e. The number of aryl methyl sites for hydroxylation is 1. The highest BCUT2D eigenvalue weighted by molar-refractivity contribution is 7.81. The molecule has 0 amide bonds. The lowest BCUT2D eigenvalue weighted by Crippen LogP contribution is -2.30. The molecule has 0 aliphatic heterocycles. The summed E-state index contributed by atoms with van der Waals surface area (Å²) in [7, 11) is -0.873. The summed E-state index contributed by atoms with van der Waals surface area (Å²) in [6, 6.07) is 4.21. The molecule has 27 heavy (non-hydrogen) atoms. The molecular formula is C21H38N4OS. The van der Waals surface area contributed by atoms with E-state index in [0.717, 1.165) is 68.7 Å². The first-order chi connectivity index (χ1) is 12.8. The quantitative estimate of drug-likeness (QED) is 0.404. The van der Waals surface area contributed by atoms with Crippen LogP contribution in [0.4, 0.5) is 0 Å². The number of hydrogen-bond acceptors (Lipinski definition) is 4. The fourth-order valence-electron chi connectivity index (χ4n) is 2.97. The SMILES string of the molecule is CCCN(CCC(C)(C)CCCc1ccc(/C(C)=N/NCC)cn1)S(C)=O. The lowest BCUT2D eigenvalue weighted by Gasteiger charge is -2.28. The Hall–Kier alpha value is -1.27. The molecule has 1 heterocycles. The molecule has 6 heteroatoms. The van der Waals surface area contributed by atoms with E-state index in [4.69, 9.17) is 0 Å².